The van der Waals surface area contributed by atoms with Gasteiger partial charge in [-0.1, -0.05) is 6.92 Å². The summed E-state index contributed by atoms with van der Waals surface area (Å²) >= 11 is 0. The summed E-state index contributed by atoms with van der Waals surface area (Å²) in [7, 11) is 0. The van der Waals surface area contributed by atoms with Crippen LogP contribution in [0.25, 0.3) is 0 Å². The summed E-state index contributed by atoms with van der Waals surface area (Å²) in [5.74, 6) is 0.528. The van der Waals surface area contributed by atoms with Crippen molar-refractivity contribution in [3.63, 3.8) is 0 Å². The molecule has 2 aliphatic rings. The number of anilines is 2. The highest BCUT2D eigenvalue weighted by Crippen LogP contribution is 2.25. The van der Waals surface area contributed by atoms with E-state index < -0.39 is 0 Å². The largest absolute Gasteiger partial charge is 0.380 e. The number of rotatable bonds is 7. The van der Waals surface area contributed by atoms with E-state index in [-0.39, 0.29) is 17.8 Å². The standard InChI is InChI=1S/C20H30FN3O2/c1-14(15-6-8-22-9-7-15)11-20(25)24-16-4-5-19(18(21)12-16)23-13-17-3-2-10-26-17/h4-5,12,14-15,17,22-23H,2-3,6-11,13H2,1H3,(H,24,25). The molecule has 2 atom stereocenters. The van der Waals surface area contributed by atoms with E-state index in [0.29, 0.717) is 36.2 Å². The summed E-state index contributed by atoms with van der Waals surface area (Å²) in [6.45, 7) is 5.59. The van der Waals surface area contributed by atoms with Crippen molar-refractivity contribution in [2.24, 2.45) is 11.8 Å². The Balaban J connectivity index is 1.47. The van der Waals surface area contributed by atoms with Crippen LogP contribution in [0.1, 0.15) is 39.0 Å². The molecule has 2 unspecified atom stereocenters. The first-order valence-electron chi connectivity index (χ1n) is 9.77. The molecule has 1 aromatic carbocycles. The van der Waals surface area contributed by atoms with Gasteiger partial charge in [0.1, 0.15) is 5.82 Å². The van der Waals surface area contributed by atoms with Gasteiger partial charge in [0.05, 0.1) is 11.8 Å². The third-order valence-corrected chi connectivity index (χ3v) is 5.49. The van der Waals surface area contributed by atoms with E-state index >= 15 is 0 Å². The van der Waals surface area contributed by atoms with Gasteiger partial charge in [0.2, 0.25) is 5.91 Å². The summed E-state index contributed by atoms with van der Waals surface area (Å²) in [6.07, 6.45) is 4.95. The third kappa shape index (κ3) is 5.42. The predicted molar refractivity (Wildman–Crippen MR) is 102 cm³/mol. The summed E-state index contributed by atoms with van der Waals surface area (Å²) in [5.41, 5.74) is 0.953. The number of nitrogens with one attached hydrogen (secondary N) is 3. The van der Waals surface area contributed by atoms with E-state index in [0.717, 1.165) is 45.4 Å². The first-order valence-corrected chi connectivity index (χ1v) is 9.77. The maximum Gasteiger partial charge on any atom is 0.224 e. The summed E-state index contributed by atoms with van der Waals surface area (Å²) < 4.78 is 19.8. The first-order chi connectivity index (χ1) is 12.6. The highest BCUT2D eigenvalue weighted by molar-refractivity contribution is 5.91. The number of carbonyl (C=O) groups is 1. The van der Waals surface area contributed by atoms with Gasteiger partial charge in [0.15, 0.2) is 0 Å². The topological polar surface area (TPSA) is 62.4 Å². The molecular formula is C20H30FN3O2. The number of benzene rings is 1. The zero-order valence-electron chi connectivity index (χ0n) is 15.5. The molecule has 3 N–H and O–H groups in total. The molecule has 0 spiro atoms. The average molecular weight is 363 g/mol. The van der Waals surface area contributed by atoms with Gasteiger partial charge in [0.25, 0.3) is 0 Å². The summed E-state index contributed by atoms with van der Waals surface area (Å²) in [6, 6.07) is 4.80. The number of piperidine rings is 1. The Morgan fingerprint density at radius 2 is 2.15 bits per heavy atom. The Morgan fingerprint density at radius 1 is 1.35 bits per heavy atom. The lowest BCUT2D eigenvalue weighted by Crippen LogP contribution is -2.32. The molecule has 0 bridgehead atoms. The molecule has 144 valence electrons. The van der Waals surface area contributed by atoms with Crippen LogP contribution >= 0.6 is 0 Å². The molecule has 2 heterocycles. The molecule has 1 amide bonds. The lowest BCUT2D eigenvalue weighted by Gasteiger charge is -2.27. The molecule has 1 aromatic rings. The van der Waals surface area contributed by atoms with Crippen LogP contribution in [-0.2, 0) is 9.53 Å². The van der Waals surface area contributed by atoms with Crippen LogP contribution in [0, 0.1) is 17.7 Å². The summed E-state index contributed by atoms with van der Waals surface area (Å²) in [5, 5.41) is 9.27. The minimum Gasteiger partial charge on any atom is -0.380 e. The second-order valence-corrected chi connectivity index (χ2v) is 7.53. The van der Waals surface area contributed by atoms with Crippen molar-refractivity contribution in [2.75, 3.05) is 36.9 Å². The van der Waals surface area contributed by atoms with E-state index in [9.17, 15) is 9.18 Å². The molecule has 0 aliphatic carbocycles. The molecular weight excluding hydrogens is 333 g/mol. The van der Waals surface area contributed by atoms with Crippen molar-refractivity contribution in [1.82, 2.24) is 5.32 Å². The Labute approximate surface area is 155 Å². The number of hydrogen-bond donors (Lipinski definition) is 3. The van der Waals surface area contributed by atoms with Crippen LogP contribution in [0.2, 0.25) is 0 Å². The SMILES string of the molecule is CC(CC(=O)Nc1ccc(NCC2CCCO2)c(F)c1)C1CCNCC1. The van der Waals surface area contributed by atoms with Crippen molar-refractivity contribution in [1.29, 1.82) is 0 Å². The molecule has 5 nitrogen and oxygen atoms in total. The fourth-order valence-electron chi connectivity index (χ4n) is 3.85. The number of hydrogen-bond acceptors (Lipinski definition) is 4. The van der Waals surface area contributed by atoms with Gasteiger partial charge < -0.3 is 20.7 Å². The van der Waals surface area contributed by atoms with Gasteiger partial charge in [0, 0.05) is 25.3 Å². The van der Waals surface area contributed by atoms with E-state index in [4.69, 9.17) is 4.74 Å². The van der Waals surface area contributed by atoms with E-state index in [1.54, 1.807) is 12.1 Å². The third-order valence-electron chi connectivity index (χ3n) is 5.49. The quantitative estimate of drug-likeness (QED) is 0.695. The lowest BCUT2D eigenvalue weighted by molar-refractivity contribution is -0.117. The maximum atomic E-state index is 14.3. The van der Waals surface area contributed by atoms with Crippen molar-refractivity contribution in [2.45, 2.75) is 45.1 Å². The zero-order chi connectivity index (χ0) is 18.4. The molecule has 2 aliphatic heterocycles. The molecule has 2 fully saturated rings. The van der Waals surface area contributed by atoms with Gasteiger partial charge in [-0.3, -0.25) is 4.79 Å². The molecule has 0 saturated carbocycles. The normalized spacial score (nSPS) is 22.2. The minimum absolute atomic E-state index is 0.0458. The first kappa shape index (κ1) is 19.1. The fraction of sp³-hybridized carbons (Fsp3) is 0.650. The van der Waals surface area contributed by atoms with Crippen molar-refractivity contribution in [3.05, 3.63) is 24.0 Å². The van der Waals surface area contributed by atoms with Gasteiger partial charge in [-0.2, -0.15) is 0 Å². The van der Waals surface area contributed by atoms with E-state index in [2.05, 4.69) is 22.9 Å². The molecule has 26 heavy (non-hydrogen) atoms. The van der Waals surface area contributed by atoms with Gasteiger partial charge >= 0.3 is 0 Å². The Kier molecular flexibility index (Phi) is 6.86. The predicted octanol–water partition coefficient (Wildman–Crippen LogP) is 3.38. The molecule has 0 radical (unpaired) electrons. The van der Waals surface area contributed by atoms with Gasteiger partial charge in [-0.05, 0) is 68.8 Å². The minimum atomic E-state index is -0.354. The second kappa shape index (κ2) is 9.33. The molecule has 3 rings (SSSR count). The van der Waals surface area contributed by atoms with Crippen molar-refractivity contribution >= 4 is 17.3 Å². The highest BCUT2D eigenvalue weighted by Gasteiger charge is 2.22. The zero-order valence-corrected chi connectivity index (χ0v) is 15.5. The Bertz CT molecular complexity index is 599. The van der Waals surface area contributed by atoms with Crippen LogP contribution in [0.4, 0.5) is 15.8 Å². The lowest BCUT2D eigenvalue weighted by atomic mass is 9.84. The average Bonchev–Trinajstić information content (AvgIpc) is 3.15. The second-order valence-electron chi connectivity index (χ2n) is 7.53. The van der Waals surface area contributed by atoms with Crippen molar-refractivity contribution in [3.8, 4) is 0 Å². The Hall–Kier alpha value is -1.66. The number of carbonyl (C=O) groups excluding carboxylic acids is 1. The number of amides is 1. The van der Waals surface area contributed by atoms with Crippen LogP contribution in [-0.4, -0.2) is 38.3 Å². The van der Waals surface area contributed by atoms with E-state index in [1.807, 2.05) is 0 Å². The van der Waals surface area contributed by atoms with Crippen molar-refractivity contribution < 1.29 is 13.9 Å². The molecule has 0 aromatic heterocycles. The summed E-state index contributed by atoms with van der Waals surface area (Å²) in [4.78, 5) is 12.3. The van der Waals surface area contributed by atoms with Gasteiger partial charge in [-0.25, -0.2) is 4.39 Å². The Morgan fingerprint density at radius 3 is 2.85 bits per heavy atom. The van der Waals surface area contributed by atoms with Crippen LogP contribution in [0.3, 0.4) is 0 Å². The smallest absolute Gasteiger partial charge is 0.224 e. The maximum absolute atomic E-state index is 14.3. The highest BCUT2D eigenvalue weighted by atomic mass is 19.1. The molecule has 2 saturated heterocycles. The van der Waals surface area contributed by atoms with E-state index in [1.165, 1.54) is 6.07 Å². The van der Waals surface area contributed by atoms with Crippen LogP contribution in [0.15, 0.2) is 18.2 Å². The van der Waals surface area contributed by atoms with Crippen LogP contribution in [0.5, 0.6) is 0 Å². The van der Waals surface area contributed by atoms with Gasteiger partial charge in [-0.15, -0.1) is 0 Å². The molecule has 6 heteroatoms. The fourth-order valence-corrected chi connectivity index (χ4v) is 3.85. The van der Waals surface area contributed by atoms with Crippen LogP contribution < -0.4 is 16.0 Å². The number of ether oxygens (including phenoxy) is 1. The number of halogens is 1. The monoisotopic (exact) mass is 363 g/mol.